The molecule has 1 unspecified atom stereocenters. The first-order chi connectivity index (χ1) is 12.7. The van der Waals surface area contributed by atoms with Crippen LogP contribution in [0.5, 0.6) is 0 Å². The molecule has 3 heterocycles. The molecule has 0 aliphatic carbocycles. The summed E-state index contributed by atoms with van der Waals surface area (Å²) in [6.45, 7) is 10.9. The van der Waals surface area contributed by atoms with E-state index in [-0.39, 0.29) is 30.7 Å². The molecule has 2 fully saturated rings. The van der Waals surface area contributed by atoms with E-state index in [1.165, 1.54) is 0 Å². The summed E-state index contributed by atoms with van der Waals surface area (Å²) in [6, 6.07) is 2.32. The molecule has 2 saturated heterocycles. The lowest BCUT2D eigenvalue weighted by Crippen LogP contribution is -2.61. The summed E-state index contributed by atoms with van der Waals surface area (Å²) in [5, 5.41) is 7.83. The Morgan fingerprint density at radius 3 is 2.61 bits per heavy atom. The third kappa shape index (κ3) is 5.39. The molecule has 7 nitrogen and oxygen atoms in total. The van der Waals surface area contributed by atoms with Crippen LogP contribution in [-0.2, 0) is 15.1 Å². The maximum atomic E-state index is 13.6. The Morgan fingerprint density at radius 1 is 1.25 bits per heavy atom. The van der Waals surface area contributed by atoms with Crippen molar-refractivity contribution in [3.8, 4) is 0 Å². The van der Waals surface area contributed by atoms with Gasteiger partial charge in [-0.2, -0.15) is 5.10 Å². The molecule has 0 bridgehead atoms. The van der Waals surface area contributed by atoms with Gasteiger partial charge in [0.1, 0.15) is 5.54 Å². The van der Waals surface area contributed by atoms with Gasteiger partial charge in [0.15, 0.2) is 0 Å². The van der Waals surface area contributed by atoms with Gasteiger partial charge in [-0.05, 0) is 45.3 Å². The van der Waals surface area contributed by atoms with Gasteiger partial charge >= 0.3 is 0 Å². The fraction of sp³-hybridized carbons (Fsp3) is 0.789. The van der Waals surface area contributed by atoms with Crippen LogP contribution in [0.2, 0.25) is 0 Å². The standard InChI is InChI=1S/C19H33N5O2.2ClH/c1-3-17-16-23(13-12-22(17)14-15-26-4-2)18(25)19(6-9-20-10-7-19)24-11-5-8-21-24;;/h5,8,11,17,20H,3-4,6-7,9-10,12-16H2,1-2H3;2*1H. The van der Waals surface area contributed by atoms with Gasteiger partial charge in [-0.1, -0.05) is 6.92 Å². The minimum Gasteiger partial charge on any atom is -0.380 e. The molecule has 0 saturated carbocycles. The van der Waals surface area contributed by atoms with Crippen molar-refractivity contribution in [3.63, 3.8) is 0 Å². The van der Waals surface area contributed by atoms with E-state index >= 15 is 0 Å². The molecule has 1 amide bonds. The molecule has 0 aromatic carbocycles. The molecule has 3 rings (SSSR count). The van der Waals surface area contributed by atoms with Crippen molar-refractivity contribution in [2.24, 2.45) is 0 Å². The van der Waals surface area contributed by atoms with E-state index in [4.69, 9.17) is 4.74 Å². The van der Waals surface area contributed by atoms with Crippen molar-refractivity contribution in [1.82, 2.24) is 24.9 Å². The highest BCUT2D eigenvalue weighted by Gasteiger charge is 2.45. The van der Waals surface area contributed by atoms with Gasteiger partial charge < -0.3 is 15.0 Å². The molecule has 0 radical (unpaired) electrons. The van der Waals surface area contributed by atoms with E-state index in [1.807, 2.05) is 23.9 Å². The lowest BCUT2D eigenvalue weighted by atomic mass is 9.86. The maximum absolute atomic E-state index is 13.6. The first-order valence-corrected chi connectivity index (χ1v) is 10.0. The topological polar surface area (TPSA) is 62.6 Å². The average molecular weight is 436 g/mol. The fourth-order valence-electron chi connectivity index (χ4n) is 4.28. The van der Waals surface area contributed by atoms with Gasteiger partial charge in [0.2, 0.25) is 0 Å². The molecule has 1 atom stereocenters. The van der Waals surface area contributed by atoms with Crippen molar-refractivity contribution in [1.29, 1.82) is 0 Å². The minimum absolute atomic E-state index is 0. The van der Waals surface area contributed by atoms with Crippen molar-refractivity contribution in [2.45, 2.75) is 44.7 Å². The van der Waals surface area contributed by atoms with E-state index < -0.39 is 5.54 Å². The summed E-state index contributed by atoms with van der Waals surface area (Å²) in [4.78, 5) is 18.2. The number of aromatic nitrogens is 2. The van der Waals surface area contributed by atoms with Crippen molar-refractivity contribution >= 4 is 30.7 Å². The van der Waals surface area contributed by atoms with Crippen LogP contribution in [0.15, 0.2) is 18.5 Å². The second kappa shape index (κ2) is 12.0. The monoisotopic (exact) mass is 435 g/mol. The summed E-state index contributed by atoms with van der Waals surface area (Å²) >= 11 is 0. The molecule has 1 aromatic rings. The summed E-state index contributed by atoms with van der Waals surface area (Å²) in [7, 11) is 0. The van der Waals surface area contributed by atoms with Crippen LogP contribution >= 0.6 is 24.8 Å². The van der Waals surface area contributed by atoms with E-state index in [1.54, 1.807) is 6.20 Å². The van der Waals surface area contributed by atoms with E-state index in [9.17, 15) is 4.79 Å². The predicted molar refractivity (Wildman–Crippen MR) is 116 cm³/mol. The van der Waals surface area contributed by atoms with Gasteiger partial charge in [0.25, 0.3) is 5.91 Å². The molecule has 1 N–H and O–H groups in total. The van der Waals surface area contributed by atoms with Crippen LogP contribution in [0, 0.1) is 0 Å². The zero-order valence-electron chi connectivity index (χ0n) is 17.0. The highest BCUT2D eigenvalue weighted by molar-refractivity contribution is 5.86. The Kier molecular flexibility index (Phi) is 10.8. The number of carbonyl (C=O) groups excluding carboxylic acids is 1. The van der Waals surface area contributed by atoms with Gasteiger partial charge in [-0.3, -0.25) is 14.4 Å². The summed E-state index contributed by atoms with van der Waals surface area (Å²) in [5.74, 6) is 0.241. The number of carbonyl (C=O) groups is 1. The number of hydrogen-bond donors (Lipinski definition) is 1. The van der Waals surface area contributed by atoms with Gasteiger partial charge in [0.05, 0.1) is 6.61 Å². The quantitative estimate of drug-likeness (QED) is 0.661. The molecule has 1 aromatic heterocycles. The summed E-state index contributed by atoms with van der Waals surface area (Å²) < 4.78 is 7.42. The number of amides is 1. The van der Waals surface area contributed by atoms with Crippen molar-refractivity contribution in [2.75, 3.05) is 52.5 Å². The highest BCUT2D eigenvalue weighted by atomic mass is 35.5. The summed E-state index contributed by atoms with van der Waals surface area (Å²) in [5.41, 5.74) is -0.527. The van der Waals surface area contributed by atoms with Crippen LogP contribution in [0.4, 0.5) is 0 Å². The molecule has 162 valence electrons. The number of halogens is 2. The molecular formula is C19H35Cl2N5O2. The Labute approximate surface area is 181 Å². The van der Waals surface area contributed by atoms with Crippen LogP contribution in [-0.4, -0.2) is 84.0 Å². The Hall–Kier alpha value is -0.860. The lowest BCUT2D eigenvalue weighted by Gasteiger charge is -2.46. The van der Waals surface area contributed by atoms with E-state index in [0.717, 1.165) is 71.7 Å². The Bertz CT molecular complexity index is 567. The molecule has 28 heavy (non-hydrogen) atoms. The molecule has 9 heteroatoms. The number of piperidine rings is 1. The second-order valence-electron chi connectivity index (χ2n) is 7.28. The van der Waals surface area contributed by atoms with Crippen LogP contribution < -0.4 is 5.32 Å². The number of rotatable bonds is 7. The Morgan fingerprint density at radius 2 is 2.00 bits per heavy atom. The van der Waals surface area contributed by atoms with Gasteiger partial charge in [0, 0.05) is 51.2 Å². The fourth-order valence-corrected chi connectivity index (χ4v) is 4.28. The number of nitrogens with zero attached hydrogens (tertiary/aromatic N) is 4. The number of piperazine rings is 1. The average Bonchev–Trinajstić information content (AvgIpc) is 3.23. The third-order valence-electron chi connectivity index (χ3n) is 5.86. The second-order valence-corrected chi connectivity index (χ2v) is 7.28. The number of hydrogen-bond acceptors (Lipinski definition) is 5. The van der Waals surface area contributed by atoms with Crippen molar-refractivity contribution < 1.29 is 9.53 Å². The number of nitrogens with one attached hydrogen (secondary N) is 1. The highest BCUT2D eigenvalue weighted by Crippen LogP contribution is 2.30. The van der Waals surface area contributed by atoms with E-state index in [2.05, 4.69) is 27.1 Å². The summed E-state index contributed by atoms with van der Waals surface area (Å²) in [6.07, 6.45) is 6.37. The van der Waals surface area contributed by atoms with Crippen LogP contribution in [0.1, 0.15) is 33.1 Å². The predicted octanol–water partition coefficient (Wildman–Crippen LogP) is 1.76. The normalized spacial score (nSPS) is 22.2. The van der Waals surface area contributed by atoms with Crippen LogP contribution in [0.25, 0.3) is 0 Å². The minimum atomic E-state index is -0.527. The van der Waals surface area contributed by atoms with Gasteiger partial charge in [-0.25, -0.2) is 0 Å². The molecular weight excluding hydrogens is 401 g/mol. The Balaban J connectivity index is 0.00000196. The van der Waals surface area contributed by atoms with Crippen molar-refractivity contribution in [3.05, 3.63) is 18.5 Å². The van der Waals surface area contributed by atoms with E-state index in [0.29, 0.717) is 6.04 Å². The molecule has 0 spiro atoms. The third-order valence-corrected chi connectivity index (χ3v) is 5.86. The largest absolute Gasteiger partial charge is 0.380 e. The zero-order valence-corrected chi connectivity index (χ0v) is 18.6. The lowest BCUT2D eigenvalue weighted by molar-refractivity contribution is -0.146. The molecule has 2 aliphatic heterocycles. The number of ether oxygens (including phenoxy) is 1. The maximum Gasteiger partial charge on any atom is 0.250 e. The SMILES string of the molecule is CCOCCN1CCN(C(=O)C2(n3cccn3)CCNCC2)CC1CC.Cl.Cl. The first-order valence-electron chi connectivity index (χ1n) is 10.0. The smallest absolute Gasteiger partial charge is 0.250 e. The van der Waals surface area contributed by atoms with Crippen LogP contribution in [0.3, 0.4) is 0 Å². The van der Waals surface area contributed by atoms with Gasteiger partial charge in [-0.15, -0.1) is 24.8 Å². The molecule has 2 aliphatic rings. The zero-order chi connectivity index (χ0) is 18.4. The first kappa shape index (κ1) is 25.2.